The summed E-state index contributed by atoms with van der Waals surface area (Å²) in [6.07, 6.45) is 0.749. The summed E-state index contributed by atoms with van der Waals surface area (Å²) in [5.41, 5.74) is 10.9. The van der Waals surface area contributed by atoms with Gasteiger partial charge in [0, 0.05) is 21.9 Å². The van der Waals surface area contributed by atoms with Crippen molar-refractivity contribution in [2.45, 2.75) is 12.7 Å². The summed E-state index contributed by atoms with van der Waals surface area (Å²) in [7, 11) is 0. The maximum atomic E-state index is 10.7. The van der Waals surface area contributed by atoms with E-state index in [0.717, 1.165) is 11.8 Å². The molecule has 0 amide bonds. The number of rotatable bonds is 3. The van der Waals surface area contributed by atoms with Crippen LogP contribution in [0, 0.1) is 6.92 Å². The summed E-state index contributed by atoms with van der Waals surface area (Å²) in [4.78, 5) is 13.4. The molecule has 0 unspecified atom stereocenters. The molecule has 0 aliphatic heterocycles. The Kier molecular flexibility index (Phi) is 3.56. The fraction of sp³-hybridized carbons (Fsp3) is 0.222. The Morgan fingerprint density at radius 2 is 2.36 bits per heavy atom. The Balaban J connectivity index is 3.40. The van der Waals surface area contributed by atoms with Gasteiger partial charge in [-0.15, -0.1) is 0 Å². The number of carbonyl (C=O) groups excluding carboxylic acids is 1. The average molecular weight is 207 g/mol. The van der Waals surface area contributed by atoms with Crippen LogP contribution in [0.15, 0.2) is 17.2 Å². The Morgan fingerprint density at radius 1 is 1.64 bits per heavy atom. The molecule has 1 aromatic carbocycles. The van der Waals surface area contributed by atoms with Crippen LogP contribution in [0.4, 0.5) is 5.69 Å². The molecule has 0 spiro atoms. The van der Waals surface area contributed by atoms with Crippen LogP contribution >= 0.6 is 12.6 Å². The zero-order valence-electron chi connectivity index (χ0n) is 7.64. The molecule has 4 nitrogen and oxygen atoms in total. The van der Waals surface area contributed by atoms with Crippen molar-refractivity contribution in [3.8, 4) is 0 Å². The maximum Gasteiger partial charge on any atom is 0.150 e. The minimum atomic E-state index is 0.487. The summed E-state index contributed by atoms with van der Waals surface area (Å²) in [6.45, 7) is 1.75. The van der Waals surface area contributed by atoms with Crippen LogP contribution in [0.1, 0.15) is 21.5 Å². The van der Waals surface area contributed by atoms with Gasteiger partial charge in [-0.25, -0.2) is 0 Å². The second kappa shape index (κ2) is 4.69. The molecule has 0 heterocycles. The SMILES string of the molecule is Cc1c(C=O)cc(CS)cc1N=[N+]=[N-]. The number of thiol groups is 1. The molecule has 0 N–H and O–H groups in total. The molecule has 0 aromatic heterocycles. The van der Waals surface area contributed by atoms with Crippen LogP contribution < -0.4 is 0 Å². The molecule has 0 radical (unpaired) electrons. The van der Waals surface area contributed by atoms with Gasteiger partial charge >= 0.3 is 0 Å². The molecular weight excluding hydrogens is 198 g/mol. The quantitative estimate of drug-likeness (QED) is 0.267. The zero-order valence-corrected chi connectivity index (χ0v) is 8.53. The van der Waals surface area contributed by atoms with E-state index in [4.69, 9.17) is 5.53 Å². The number of azide groups is 1. The van der Waals surface area contributed by atoms with E-state index in [0.29, 0.717) is 22.6 Å². The van der Waals surface area contributed by atoms with Crippen LogP contribution in [0.2, 0.25) is 0 Å². The maximum absolute atomic E-state index is 10.7. The lowest BCUT2D eigenvalue weighted by atomic mass is 10.0. The van der Waals surface area contributed by atoms with E-state index in [2.05, 4.69) is 22.7 Å². The molecule has 0 saturated carbocycles. The van der Waals surface area contributed by atoms with Gasteiger partial charge in [-0.1, -0.05) is 5.11 Å². The molecule has 0 fully saturated rings. The first-order chi connectivity index (χ1) is 6.72. The van der Waals surface area contributed by atoms with Crippen molar-refractivity contribution >= 4 is 24.6 Å². The van der Waals surface area contributed by atoms with Crippen molar-refractivity contribution in [1.29, 1.82) is 0 Å². The zero-order chi connectivity index (χ0) is 10.6. The summed E-state index contributed by atoms with van der Waals surface area (Å²) in [6, 6.07) is 3.47. The van der Waals surface area contributed by atoms with Gasteiger partial charge in [0.05, 0.1) is 0 Å². The van der Waals surface area contributed by atoms with Crippen molar-refractivity contribution < 1.29 is 4.79 Å². The highest BCUT2D eigenvalue weighted by Gasteiger charge is 2.04. The Labute approximate surface area is 87.0 Å². The first-order valence-electron chi connectivity index (χ1n) is 3.97. The summed E-state index contributed by atoms with van der Waals surface area (Å²) in [5, 5.41) is 3.51. The molecule has 0 atom stereocenters. The van der Waals surface area contributed by atoms with Gasteiger partial charge in [-0.3, -0.25) is 4.79 Å². The van der Waals surface area contributed by atoms with Crippen molar-refractivity contribution in [1.82, 2.24) is 0 Å². The van der Waals surface area contributed by atoms with E-state index in [-0.39, 0.29) is 0 Å². The number of hydrogen-bond acceptors (Lipinski definition) is 3. The minimum absolute atomic E-state index is 0.487. The average Bonchev–Trinajstić information content (AvgIpc) is 2.21. The van der Waals surface area contributed by atoms with E-state index >= 15 is 0 Å². The number of benzene rings is 1. The Bertz CT molecular complexity index is 411. The third-order valence-electron chi connectivity index (χ3n) is 1.94. The number of carbonyl (C=O) groups is 1. The molecule has 1 aromatic rings. The van der Waals surface area contributed by atoms with Crippen LogP contribution in [0.3, 0.4) is 0 Å². The molecule has 72 valence electrons. The summed E-state index contributed by atoms with van der Waals surface area (Å²) in [5.74, 6) is 0.509. The lowest BCUT2D eigenvalue weighted by Crippen LogP contribution is -1.89. The monoisotopic (exact) mass is 207 g/mol. The molecule has 14 heavy (non-hydrogen) atoms. The highest BCUT2D eigenvalue weighted by molar-refractivity contribution is 7.79. The van der Waals surface area contributed by atoms with Crippen LogP contribution in [-0.4, -0.2) is 6.29 Å². The summed E-state index contributed by atoms with van der Waals surface area (Å²) < 4.78 is 0. The second-order valence-electron chi connectivity index (χ2n) is 2.79. The van der Waals surface area contributed by atoms with Crippen molar-refractivity contribution in [3.63, 3.8) is 0 Å². The molecule has 0 bridgehead atoms. The van der Waals surface area contributed by atoms with E-state index in [1.54, 1.807) is 19.1 Å². The largest absolute Gasteiger partial charge is 0.298 e. The fourth-order valence-corrected chi connectivity index (χ4v) is 1.33. The molecule has 0 aliphatic carbocycles. The third-order valence-corrected chi connectivity index (χ3v) is 2.31. The van der Waals surface area contributed by atoms with Crippen molar-refractivity contribution in [2.75, 3.05) is 0 Å². The molecule has 0 saturated heterocycles. The van der Waals surface area contributed by atoms with E-state index in [1.165, 1.54) is 0 Å². The minimum Gasteiger partial charge on any atom is -0.298 e. The van der Waals surface area contributed by atoms with Gasteiger partial charge in [0.2, 0.25) is 0 Å². The predicted octanol–water partition coefficient (Wildman–Crippen LogP) is 3.18. The predicted molar refractivity (Wildman–Crippen MR) is 58.1 cm³/mol. The first-order valence-corrected chi connectivity index (χ1v) is 4.60. The number of nitrogens with zero attached hydrogens (tertiary/aromatic N) is 3. The number of aldehydes is 1. The molecule has 1 rings (SSSR count). The van der Waals surface area contributed by atoms with Crippen molar-refractivity contribution in [3.05, 3.63) is 39.3 Å². The smallest absolute Gasteiger partial charge is 0.150 e. The van der Waals surface area contributed by atoms with Gasteiger partial charge in [0.1, 0.15) is 6.29 Å². The van der Waals surface area contributed by atoms with E-state index in [9.17, 15) is 4.79 Å². The van der Waals surface area contributed by atoms with Crippen molar-refractivity contribution in [2.24, 2.45) is 5.11 Å². The van der Waals surface area contributed by atoms with Gasteiger partial charge < -0.3 is 0 Å². The first kappa shape index (κ1) is 10.6. The summed E-state index contributed by atoms with van der Waals surface area (Å²) >= 11 is 4.10. The molecule has 0 aliphatic rings. The molecule has 5 heteroatoms. The Hall–Kier alpha value is -1.45. The highest BCUT2D eigenvalue weighted by atomic mass is 32.1. The topological polar surface area (TPSA) is 65.8 Å². The molecular formula is C9H9N3OS. The lowest BCUT2D eigenvalue weighted by Gasteiger charge is -2.05. The second-order valence-corrected chi connectivity index (χ2v) is 3.11. The standard InChI is InChI=1S/C9H9N3OS/c1-6-8(4-13)2-7(5-14)3-9(6)11-12-10/h2-4,14H,5H2,1H3. The number of hydrogen-bond donors (Lipinski definition) is 1. The van der Waals surface area contributed by atoms with Gasteiger partial charge in [0.25, 0.3) is 0 Å². The van der Waals surface area contributed by atoms with Crippen LogP contribution in [0.25, 0.3) is 10.4 Å². The van der Waals surface area contributed by atoms with Crippen LogP contribution in [0.5, 0.6) is 0 Å². The van der Waals surface area contributed by atoms with Crippen LogP contribution in [-0.2, 0) is 5.75 Å². The lowest BCUT2D eigenvalue weighted by molar-refractivity contribution is 0.112. The van der Waals surface area contributed by atoms with Gasteiger partial charge in [-0.2, -0.15) is 12.6 Å². The normalized spacial score (nSPS) is 9.29. The highest BCUT2D eigenvalue weighted by Crippen LogP contribution is 2.24. The van der Waals surface area contributed by atoms with E-state index < -0.39 is 0 Å². The Morgan fingerprint density at radius 3 is 2.86 bits per heavy atom. The van der Waals surface area contributed by atoms with Gasteiger partial charge in [0.15, 0.2) is 0 Å². The fourth-order valence-electron chi connectivity index (χ4n) is 1.15. The van der Waals surface area contributed by atoms with Gasteiger partial charge in [-0.05, 0) is 35.7 Å². The third kappa shape index (κ3) is 2.07. The van der Waals surface area contributed by atoms with E-state index in [1.807, 2.05) is 0 Å².